The highest BCUT2D eigenvalue weighted by Gasteiger charge is 2.11. The van der Waals surface area contributed by atoms with Crippen molar-refractivity contribution in [2.75, 3.05) is 0 Å². The topological polar surface area (TPSA) is 37.3 Å². The number of carbonyl (C=O) groups is 1. The maximum Gasteiger partial charge on any atom is 0.335 e. The largest absolute Gasteiger partial charge is 0.478 e. The predicted molar refractivity (Wildman–Crippen MR) is 69.4 cm³/mol. The Morgan fingerprint density at radius 2 is 2.06 bits per heavy atom. The highest BCUT2D eigenvalue weighted by molar-refractivity contribution is 9.10. The van der Waals surface area contributed by atoms with E-state index in [1.165, 1.54) is 6.07 Å². The van der Waals surface area contributed by atoms with Crippen LogP contribution >= 0.6 is 38.9 Å². The summed E-state index contributed by atoms with van der Waals surface area (Å²) in [5.41, 5.74) is 2.01. The molecule has 0 saturated carbocycles. The van der Waals surface area contributed by atoms with Crippen LogP contribution in [0.15, 0.2) is 33.4 Å². The third-order valence-electron chi connectivity index (χ3n) is 2.12. The molecule has 0 aliphatic rings. The summed E-state index contributed by atoms with van der Waals surface area (Å²) in [5, 5.41) is 13.2. The molecule has 0 fully saturated rings. The summed E-state index contributed by atoms with van der Waals surface area (Å²) in [6.45, 7) is 0. The molecular weight excluding hydrogens is 312 g/mol. The summed E-state index contributed by atoms with van der Waals surface area (Å²) in [4.78, 5) is 10.8. The van der Waals surface area contributed by atoms with Crippen LogP contribution in [0.25, 0.3) is 11.1 Å². The predicted octanol–water partition coefficient (Wildman–Crippen LogP) is 4.53. The monoisotopic (exact) mass is 316 g/mol. The molecule has 2 aromatic rings. The first kappa shape index (κ1) is 11.6. The number of benzene rings is 1. The molecule has 1 aromatic carbocycles. The van der Waals surface area contributed by atoms with Crippen LogP contribution in [0, 0.1) is 0 Å². The Labute approximate surface area is 110 Å². The lowest BCUT2D eigenvalue weighted by Gasteiger charge is -2.04. The van der Waals surface area contributed by atoms with Gasteiger partial charge in [-0.3, -0.25) is 0 Å². The average molecular weight is 318 g/mol. The van der Waals surface area contributed by atoms with E-state index in [1.807, 2.05) is 10.8 Å². The minimum Gasteiger partial charge on any atom is -0.478 e. The van der Waals surface area contributed by atoms with Crippen LogP contribution in [0.4, 0.5) is 0 Å². The first-order chi connectivity index (χ1) is 7.59. The highest BCUT2D eigenvalue weighted by Crippen LogP contribution is 2.36. The van der Waals surface area contributed by atoms with E-state index in [4.69, 9.17) is 16.7 Å². The van der Waals surface area contributed by atoms with Gasteiger partial charge in [-0.15, -0.1) is 0 Å². The van der Waals surface area contributed by atoms with Crippen molar-refractivity contribution in [3.8, 4) is 11.1 Å². The van der Waals surface area contributed by atoms with Crippen molar-refractivity contribution in [1.82, 2.24) is 0 Å². The molecule has 82 valence electrons. The van der Waals surface area contributed by atoms with Gasteiger partial charge in [0.15, 0.2) is 0 Å². The van der Waals surface area contributed by atoms with Gasteiger partial charge < -0.3 is 5.11 Å². The van der Waals surface area contributed by atoms with Gasteiger partial charge in [-0.05, 0) is 33.4 Å². The number of hydrogen-bond donors (Lipinski definition) is 1. The zero-order valence-corrected chi connectivity index (χ0v) is 11.1. The van der Waals surface area contributed by atoms with Crippen LogP contribution in [0.5, 0.6) is 0 Å². The number of halogens is 2. The van der Waals surface area contributed by atoms with Crippen LogP contribution in [-0.4, -0.2) is 11.1 Å². The molecule has 0 spiro atoms. The van der Waals surface area contributed by atoms with Crippen LogP contribution in [0.1, 0.15) is 10.4 Å². The molecule has 1 aromatic heterocycles. The Morgan fingerprint density at radius 1 is 1.31 bits per heavy atom. The van der Waals surface area contributed by atoms with Gasteiger partial charge in [0.1, 0.15) is 0 Å². The first-order valence-electron chi connectivity index (χ1n) is 4.34. The summed E-state index contributed by atoms with van der Waals surface area (Å²) in [6, 6.07) is 4.73. The summed E-state index contributed by atoms with van der Waals surface area (Å²) >= 11 is 11.0. The van der Waals surface area contributed by atoms with E-state index < -0.39 is 5.97 Å². The van der Waals surface area contributed by atoms with Crippen molar-refractivity contribution in [3.05, 3.63) is 44.0 Å². The number of aromatic carboxylic acids is 1. The Hall–Kier alpha value is -0.840. The lowest BCUT2D eigenvalue weighted by molar-refractivity contribution is 0.0697. The van der Waals surface area contributed by atoms with Gasteiger partial charge in [0.2, 0.25) is 0 Å². The van der Waals surface area contributed by atoms with Crippen LogP contribution in [0.3, 0.4) is 0 Å². The molecule has 0 aliphatic carbocycles. The average Bonchev–Trinajstić information content (AvgIpc) is 2.64. The fraction of sp³-hybridized carbons (Fsp3) is 0. The lowest BCUT2D eigenvalue weighted by atomic mass is 10.1. The number of thiophene rings is 1. The molecular formula is C11H6BrClO2S. The second-order valence-corrected chi connectivity index (χ2v) is 5.14. The molecule has 0 atom stereocenters. The second kappa shape index (κ2) is 4.57. The standard InChI is InChI=1S/C11H6BrClO2S/c12-9-5-16-4-8(9)7-2-1-6(11(14)15)3-10(7)13/h1-5H,(H,14,15). The van der Waals surface area contributed by atoms with Crippen LogP contribution in [-0.2, 0) is 0 Å². The molecule has 0 aliphatic heterocycles. The Balaban J connectivity index is 2.52. The molecule has 0 radical (unpaired) electrons. The Kier molecular flexibility index (Phi) is 3.33. The van der Waals surface area contributed by atoms with Crippen LogP contribution < -0.4 is 0 Å². The van der Waals surface area contributed by atoms with Gasteiger partial charge in [-0.2, -0.15) is 11.3 Å². The van der Waals surface area contributed by atoms with E-state index in [0.717, 1.165) is 15.6 Å². The van der Waals surface area contributed by atoms with Gasteiger partial charge in [0.25, 0.3) is 0 Å². The zero-order valence-electron chi connectivity index (χ0n) is 7.91. The Morgan fingerprint density at radius 3 is 2.56 bits per heavy atom. The van der Waals surface area contributed by atoms with Crippen LogP contribution in [0.2, 0.25) is 5.02 Å². The molecule has 0 saturated heterocycles. The minimum atomic E-state index is -0.974. The first-order valence-corrected chi connectivity index (χ1v) is 6.46. The molecule has 0 bridgehead atoms. The second-order valence-electron chi connectivity index (χ2n) is 3.13. The normalized spacial score (nSPS) is 10.4. The number of carboxylic acids is 1. The van der Waals surface area contributed by atoms with E-state index in [0.29, 0.717) is 5.02 Å². The van der Waals surface area contributed by atoms with Crippen molar-refractivity contribution in [1.29, 1.82) is 0 Å². The maximum absolute atomic E-state index is 10.8. The Bertz CT molecular complexity index is 551. The maximum atomic E-state index is 10.8. The third-order valence-corrected chi connectivity index (χ3v) is 4.14. The molecule has 2 nitrogen and oxygen atoms in total. The van der Waals surface area contributed by atoms with Gasteiger partial charge >= 0.3 is 5.97 Å². The lowest BCUT2D eigenvalue weighted by Crippen LogP contribution is -1.95. The number of hydrogen-bond acceptors (Lipinski definition) is 2. The smallest absolute Gasteiger partial charge is 0.335 e. The highest BCUT2D eigenvalue weighted by atomic mass is 79.9. The molecule has 2 rings (SSSR count). The summed E-state index contributed by atoms with van der Waals surface area (Å²) in [6.07, 6.45) is 0. The van der Waals surface area contributed by atoms with E-state index in [2.05, 4.69) is 15.9 Å². The molecule has 1 heterocycles. The summed E-state index contributed by atoms with van der Waals surface area (Å²) in [5.74, 6) is -0.974. The van der Waals surface area contributed by atoms with Crippen molar-refractivity contribution >= 4 is 44.8 Å². The SMILES string of the molecule is O=C(O)c1ccc(-c2cscc2Br)c(Cl)c1. The van der Waals surface area contributed by atoms with Gasteiger partial charge in [0, 0.05) is 26.0 Å². The fourth-order valence-electron chi connectivity index (χ4n) is 1.34. The van der Waals surface area contributed by atoms with E-state index >= 15 is 0 Å². The van der Waals surface area contributed by atoms with Crippen molar-refractivity contribution in [3.63, 3.8) is 0 Å². The number of rotatable bonds is 2. The quantitative estimate of drug-likeness (QED) is 0.883. The summed E-state index contributed by atoms with van der Waals surface area (Å²) in [7, 11) is 0. The molecule has 0 amide bonds. The number of carboxylic acid groups (broad SMARTS) is 1. The molecule has 1 N–H and O–H groups in total. The van der Waals surface area contributed by atoms with Crippen molar-refractivity contribution < 1.29 is 9.90 Å². The van der Waals surface area contributed by atoms with E-state index in [1.54, 1.807) is 23.5 Å². The zero-order chi connectivity index (χ0) is 11.7. The fourth-order valence-corrected chi connectivity index (χ4v) is 3.13. The van der Waals surface area contributed by atoms with E-state index in [9.17, 15) is 4.79 Å². The summed E-state index contributed by atoms with van der Waals surface area (Å²) < 4.78 is 0.961. The van der Waals surface area contributed by atoms with Gasteiger partial charge in [0.05, 0.1) is 5.56 Å². The third kappa shape index (κ3) is 2.14. The van der Waals surface area contributed by atoms with Crippen molar-refractivity contribution in [2.24, 2.45) is 0 Å². The molecule has 5 heteroatoms. The van der Waals surface area contributed by atoms with Gasteiger partial charge in [-0.1, -0.05) is 17.7 Å². The van der Waals surface area contributed by atoms with E-state index in [-0.39, 0.29) is 5.56 Å². The molecule has 16 heavy (non-hydrogen) atoms. The van der Waals surface area contributed by atoms with Crippen molar-refractivity contribution in [2.45, 2.75) is 0 Å². The molecule has 0 unspecified atom stereocenters. The van der Waals surface area contributed by atoms with Gasteiger partial charge in [-0.25, -0.2) is 4.79 Å². The minimum absolute atomic E-state index is 0.195.